The van der Waals surface area contributed by atoms with E-state index in [9.17, 15) is 14.4 Å². The van der Waals surface area contributed by atoms with Gasteiger partial charge in [-0.2, -0.15) is 0 Å². The summed E-state index contributed by atoms with van der Waals surface area (Å²) in [5.74, 6) is -0.458. The van der Waals surface area contributed by atoms with Gasteiger partial charge in [-0.05, 0) is 89.7 Å². The second-order valence-electron chi connectivity index (χ2n) is 9.40. The summed E-state index contributed by atoms with van der Waals surface area (Å²) < 4.78 is 6.57. The molecular formula is C30H31ClN6O4. The number of benzene rings is 3. The highest BCUT2D eigenvalue weighted by molar-refractivity contribution is 6.30. The standard InChI is InChI=1S/C30H31ClN6O4/c1-2-17-41-30(40)33-25-14-11-22(12-15-25)29(39)34-26(18-21-7-4-3-5-8-21)28(38)10-6-9-23-19-24(31)13-16-27(23)37-20-32-35-36-37/h3-5,7-8,11-16,19-20,26H,2,6,9-10,17-18H2,1H3,(H,33,40)(H,34,39)/t26-/m0/s1. The Labute approximate surface area is 243 Å². The van der Waals surface area contributed by atoms with E-state index in [-0.39, 0.29) is 18.1 Å². The predicted octanol–water partition coefficient (Wildman–Crippen LogP) is 5.21. The molecule has 4 rings (SSSR count). The Bertz CT molecular complexity index is 1450. The number of carbonyl (C=O) groups is 3. The fourth-order valence-electron chi connectivity index (χ4n) is 4.27. The van der Waals surface area contributed by atoms with Gasteiger partial charge in [-0.25, -0.2) is 9.48 Å². The molecule has 212 valence electrons. The summed E-state index contributed by atoms with van der Waals surface area (Å²) >= 11 is 6.23. The molecule has 0 unspecified atom stereocenters. The first kappa shape index (κ1) is 29.4. The molecule has 4 aromatic rings. The maximum absolute atomic E-state index is 13.4. The average Bonchev–Trinajstić information content (AvgIpc) is 3.51. The molecule has 11 heteroatoms. The van der Waals surface area contributed by atoms with Crippen LogP contribution in [0.3, 0.4) is 0 Å². The minimum Gasteiger partial charge on any atom is -0.449 e. The number of hydrogen-bond donors (Lipinski definition) is 2. The summed E-state index contributed by atoms with van der Waals surface area (Å²) in [5, 5.41) is 17.5. The molecule has 1 atom stereocenters. The molecule has 0 spiro atoms. The molecule has 10 nitrogen and oxygen atoms in total. The van der Waals surface area contributed by atoms with E-state index >= 15 is 0 Å². The van der Waals surface area contributed by atoms with Gasteiger partial charge in [0.05, 0.1) is 18.3 Å². The zero-order chi connectivity index (χ0) is 29.0. The third kappa shape index (κ3) is 8.71. The third-order valence-electron chi connectivity index (χ3n) is 6.31. The monoisotopic (exact) mass is 574 g/mol. The van der Waals surface area contributed by atoms with Crippen LogP contribution >= 0.6 is 11.6 Å². The number of tetrazole rings is 1. The van der Waals surface area contributed by atoms with Crippen molar-refractivity contribution >= 4 is 35.1 Å². The topological polar surface area (TPSA) is 128 Å². The van der Waals surface area contributed by atoms with Crippen molar-refractivity contribution in [3.63, 3.8) is 0 Å². The van der Waals surface area contributed by atoms with E-state index in [4.69, 9.17) is 16.3 Å². The molecule has 3 aromatic carbocycles. The number of ketones is 1. The number of halogens is 1. The normalized spacial score (nSPS) is 11.5. The van der Waals surface area contributed by atoms with Crippen molar-refractivity contribution in [2.75, 3.05) is 11.9 Å². The van der Waals surface area contributed by atoms with Crippen molar-refractivity contribution in [1.82, 2.24) is 25.5 Å². The maximum atomic E-state index is 13.4. The average molecular weight is 575 g/mol. The second-order valence-corrected chi connectivity index (χ2v) is 9.84. The van der Waals surface area contributed by atoms with Crippen LogP contribution in [0.2, 0.25) is 5.02 Å². The van der Waals surface area contributed by atoms with Gasteiger partial charge in [0, 0.05) is 22.7 Å². The summed E-state index contributed by atoms with van der Waals surface area (Å²) in [5.41, 5.74) is 3.51. The van der Waals surface area contributed by atoms with E-state index in [1.807, 2.05) is 49.4 Å². The molecule has 0 aliphatic carbocycles. The smallest absolute Gasteiger partial charge is 0.411 e. The number of Topliss-reactive ketones (excluding diaryl/α,β-unsaturated/α-hetero) is 1. The highest BCUT2D eigenvalue weighted by Gasteiger charge is 2.22. The van der Waals surface area contributed by atoms with Crippen molar-refractivity contribution in [3.05, 3.63) is 101 Å². The molecule has 2 amide bonds. The van der Waals surface area contributed by atoms with E-state index in [0.717, 1.165) is 23.2 Å². The highest BCUT2D eigenvalue weighted by Crippen LogP contribution is 2.21. The summed E-state index contributed by atoms with van der Waals surface area (Å²) in [4.78, 5) is 38.3. The van der Waals surface area contributed by atoms with Gasteiger partial charge in [-0.15, -0.1) is 5.10 Å². The van der Waals surface area contributed by atoms with E-state index in [1.165, 1.54) is 6.33 Å². The van der Waals surface area contributed by atoms with Crippen LogP contribution < -0.4 is 10.6 Å². The lowest BCUT2D eigenvalue weighted by atomic mass is 9.97. The van der Waals surface area contributed by atoms with Crippen LogP contribution in [0.4, 0.5) is 10.5 Å². The lowest BCUT2D eigenvalue weighted by molar-refractivity contribution is -0.121. The van der Waals surface area contributed by atoms with Crippen LogP contribution in [0.1, 0.15) is 47.7 Å². The number of aromatic nitrogens is 4. The number of rotatable bonds is 13. The lowest BCUT2D eigenvalue weighted by Gasteiger charge is -2.18. The Hall–Kier alpha value is -4.57. The zero-order valence-electron chi connectivity index (χ0n) is 22.6. The first-order valence-corrected chi connectivity index (χ1v) is 13.7. The number of hydrogen-bond acceptors (Lipinski definition) is 7. The number of aryl methyl sites for hydroxylation is 1. The van der Waals surface area contributed by atoms with Crippen molar-refractivity contribution in [1.29, 1.82) is 0 Å². The zero-order valence-corrected chi connectivity index (χ0v) is 23.4. The van der Waals surface area contributed by atoms with Crippen molar-refractivity contribution < 1.29 is 19.1 Å². The van der Waals surface area contributed by atoms with Crippen LogP contribution in [0.5, 0.6) is 0 Å². The number of ether oxygens (including phenoxy) is 1. The SMILES string of the molecule is CCCOC(=O)Nc1ccc(C(=O)N[C@@H](Cc2ccccc2)C(=O)CCCc2cc(Cl)ccc2-n2cnnn2)cc1. The highest BCUT2D eigenvalue weighted by atomic mass is 35.5. The van der Waals surface area contributed by atoms with Gasteiger partial charge < -0.3 is 10.1 Å². The minimum absolute atomic E-state index is 0.0786. The fourth-order valence-corrected chi connectivity index (χ4v) is 4.46. The van der Waals surface area contributed by atoms with Gasteiger partial charge in [0.25, 0.3) is 5.91 Å². The predicted molar refractivity (Wildman–Crippen MR) is 155 cm³/mol. The fraction of sp³-hybridized carbons (Fsp3) is 0.267. The summed E-state index contributed by atoms with van der Waals surface area (Å²) in [6, 6.07) is 20.7. The van der Waals surface area contributed by atoms with Gasteiger partial charge in [0.1, 0.15) is 6.33 Å². The van der Waals surface area contributed by atoms with Gasteiger partial charge in [-0.3, -0.25) is 14.9 Å². The molecule has 0 fully saturated rings. The molecular weight excluding hydrogens is 544 g/mol. The Morgan fingerprint density at radius 3 is 2.51 bits per heavy atom. The van der Waals surface area contributed by atoms with Gasteiger partial charge in [0.15, 0.2) is 5.78 Å². The third-order valence-corrected chi connectivity index (χ3v) is 6.55. The molecule has 0 saturated carbocycles. The van der Waals surface area contributed by atoms with E-state index in [2.05, 4.69) is 26.2 Å². The summed E-state index contributed by atoms with van der Waals surface area (Å²) in [7, 11) is 0. The second kappa shape index (κ2) is 14.7. The molecule has 0 bridgehead atoms. The van der Waals surface area contributed by atoms with Gasteiger partial charge >= 0.3 is 6.09 Å². The van der Waals surface area contributed by atoms with Crippen LogP contribution in [0.15, 0.2) is 79.1 Å². The van der Waals surface area contributed by atoms with E-state index in [1.54, 1.807) is 35.0 Å². The molecule has 1 heterocycles. The molecule has 0 aliphatic heterocycles. The van der Waals surface area contributed by atoms with Crippen LogP contribution in [0, 0.1) is 0 Å². The minimum atomic E-state index is -0.718. The van der Waals surface area contributed by atoms with E-state index in [0.29, 0.717) is 42.1 Å². The summed E-state index contributed by atoms with van der Waals surface area (Å²) in [6.45, 7) is 2.23. The number of carbonyl (C=O) groups excluding carboxylic acids is 3. The lowest BCUT2D eigenvalue weighted by Crippen LogP contribution is -2.42. The number of amides is 2. The number of nitrogens with zero attached hydrogens (tertiary/aromatic N) is 4. The first-order chi connectivity index (χ1) is 19.9. The van der Waals surface area contributed by atoms with E-state index < -0.39 is 12.1 Å². The maximum Gasteiger partial charge on any atom is 0.411 e. The van der Waals surface area contributed by atoms with Crippen molar-refractivity contribution in [2.45, 2.75) is 45.1 Å². The Morgan fingerprint density at radius 2 is 1.80 bits per heavy atom. The van der Waals surface area contributed by atoms with Crippen molar-refractivity contribution in [3.8, 4) is 5.69 Å². The molecule has 1 aromatic heterocycles. The Kier molecular flexibility index (Phi) is 10.6. The Balaban J connectivity index is 1.41. The molecule has 41 heavy (non-hydrogen) atoms. The van der Waals surface area contributed by atoms with Crippen LogP contribution in [0.25, 0.3) is 5.69 Å². The largest absolute Gasteiger partial charge is 0.449 e. The van der Waals surface area contributed by atoms with Gasteiger partial charge in [0.2, 0.25) is 0 Å². The number of anilines is 1. The molecule has 0 radical (unpaired) electrons. The van der Waals surface area contributed by atoms with Crippen LogP contribution in [-0.4, -0.2) is 50.6 Å². The molecule has 0 saturated heterocycles. The Morgan fingerprint density at radius 1 is 1.02 bits per heavy atom. The quantitative estimate of drug-likeness (QED) is 0.224. The van der Waals surface area contributed by atoms with Crippen molar-refractivity contribution in [2.24, 2.45) is 0 Å². The molecule has 2 N–H and O–H groups in total. The number of nitrogens with one attached hydrogen (secondary N) is 2. The van der Waals surface area contributed by atoms with Crippen LogP contribution in [-0.2, 0) is 22.4 Å². The summed E-state index contributed by atoms with van der Waals surface area (Å²) in [6.07, 6.45) is 3.40. The molecule has 0 aliphatic rings. The first-order valence-electron chi connectivity index (χ1n) is 13.4. The van der Waals surface area contributed by atoms with Gasteiger partial charge in [-0.1, -0.05) is 48.9 Å².